The lowest BCUT2D eigenvalue weighted by Crippen LogP contribution is -2.42. The van der Waals surface area contributed by atoms with Crippen LogP contribution in [0.4, 0.5) is 18.9 Å². The molecular weight excluding hydrogens is 253 g/mol. The Labute approximate surface area is 110 Å². The second-order valence-electron chi connectivity index (χ2n) is 5.42. The molecule has 0 aliphatic carbocycles. The number of nitrogens with zero attached hydrogens (tertiary/aromatic N) is 1. The van der Waals surface area contributed by atoms with E-state index in [1.54, 1.807) is 0 Å². The maximum absolute atomic E-state index is 13.6. The molecule has 1 aromatic rings. The molecule has 2 fully saturated rings. The van der Waals surface area contributed by atoms with Crippen molar-refractivity contribution in [1.82, 2.24) is 4.90 Å². The van der Waals surface area contributed by atoms with E-state index in [1.807, 2.05) is 0 Å². The highest BCUT2D eigenvalue weighted by atomic mass is 19.2. The smallest absolute Gasteiger partial charge is 0.196 e. The van der Waals surface area contributed by atoms with Crippen molar-refractivity contribution in [2.24, 2.45) is 0 Å². The second kappa shape index (κ2) is 5.04. The third-order valence-electron chi connectivity index (χ3n) is 4.22. The summed E-state index contributed by atoms with van der Waals surface area (Å²) in [5, 5.41) is 3.02. The fourth-order valence-electron chi connectivity index (χ4n) is 3.21. The molecule has 2 atom stereocenters. The van der Waals surface area contributed by atoms with E-state index in [9.17, 15) is 13.2 Å². The van der Waals surface area contributed by atoms with Crippen molar-refractivity contribution >= 4 is 5.69 Å². The number of fused-ring (bicyclic) bond motifs is 1. The van der Waals surface area contributed by atoms with Crippen molar-refractivity contribution in [3.8, 4) is 0 Å². The number of hydrogen-bond donors (Lipinski definition) is 1. The first kappa shape index (κ1) is 12.8. The first-order valence-corrected chi connectivity index (χ1v) is 6.79. The van der Waals surface area contributed by atoms with Gasteiger partial charge in [-0.1, -0.05) is 0 Å². The molecule has 3 rings (SSSR count). The molecule has 0 aromatic heterocycles. The summed E-state index contributed by atoms with van der Waals surface area (Å²) in [6, 6.07) is 2.93. The van der Waals surface area contributed by atoms with E-state index in [2.05, 4.69) is 10.2 Å². The fraction of sp³-hybridized carbons (Fsp3) is 0.571. The monoisotopic (exact) mass is 270 g/mol. The van der Waals surface area contributed by atoms with E-state index in [1.165, 1.54) is 18.9 Å². The molecule has 2 aliphatic heterocycles. The average Bonchev–Trinajstić information content (AvgIpc) is 2.87. The van der Waals surface area contributed by atoms with E-state index >= 15 is 0 Å². The zero-order valence-corrected chi connectivity index (χ0v) is 10.6. The van der Waals surface area contributed by atoms with Crippen LogP contribution in [0, 0.1) is 17.5 Å². The summed E-state index contributed by atoms with van der Waals surface area (Å²) < 4.78 is 39.6. The van der Waals surface area contributed by atoms with Crippen LogP contribution in [0.5, 0.6) is 0 Å². The Kier molecular flexibility index (Phi) is 3.39. The maximum Gasteiger partial charge on any atom is 0.196 e. The van der Waals surface area contributed by atoms with Gasteiger partial charge in [0.15, 0.2) is 17.5 Å². The van der Waals surface area contributed by atoms with Crippen LogP contribution in [0.15, 0.2) is 12.1 Å². The molecule has 1 N–H and O–H groups in total. The van der Waals surface area contributed by atoms with Gasteiger partial charge in [0, 0.05) is 18.6 Å². The summed E-state index contributed by atoms with van der Waals surface area (Å²) in [5.74, 6) is -3.66. The quantitative estimate of drug-likeness (QED) is 0.831. The normalized spacial score (nSPS) is 27.3. The van der Waals surface area contributed by atoms with E-state index < -0.39 is 17.5 Å². The van der Waals surface area contributed by atoms with Crippen LogP contribution in [-0.2, 0) is 0 Å². The summed E-state index contributed by atoms with van der Waals surface area (Å²) in [7, 11) is 0. The largest absolute Gasteiger partial charge is 0.380 e. The summed E-state index contributed by atoms with van der Waals surface area (Å²) in [6.45, 7) is 2.14. The predicted octanol–water partition coefficient (Wildman–Crippen LogP) is 3.14. The molecule has 0 amide bonds. The molecule has 19 heavy (non-hydrogen) atoms. The van der Waals surface area contributed by atoms with Crippen LogP contribution in [0.1, 0.15) is 25.7 Å². The average molecular weight is 270 g/mol. The van der Waals surface area contributed by atoms with Gasteiger partial charge in [-0.3, -0.25) is 0 Å². The van der Waals surface area contributed by atoms with Gasteiger partial charge < -0.3 is 10.2 Å². The molecule has 2 saturated heterocycles. The molecule has 0 spiro atoms. The van der Waals surface area contributed by atoms with E-state index in [0.29, 0.717) is 6.04 Å². The van der Waals surface area contributed by atoms with Crippen LogP contribution >= 0.6 is 0 Å². The lowest BCUT2D eigenvalue weighted by atomic mass is 9.97. The molecular formula is C14H17F3N2. The third-order valence-corrected chi connectivity index (χ3v) is 4.22. The van der Waals surface area contributed by atoms with Gasteiger partial charge in [-0.05, 0) is 44.4 Å². The van der Waals surface area contributed by atoms with Crippen molar-refractivity contribution in [3.63, 3.8) is 0 Å². The van der Waals surface area contributed by atoms with Gasteiger partial charge in [0.1, 0.15) is 0 Å². The number of piperidine rings is 1. The second-order valence-corrected chi connectivity index (χ2v) is 5.42. The molecule has 0 saturated carbocycles. The molecule has 2 unspecified atom stereocenters. The summed E-state index contributed by atoms with van der Waals surface area (Å²) in [6.07, 6.45) is 4.25. The number of anilines is 1. The van der Waals surface area contributed by atoms with Crippen molar-refractivity contribution in [1.29, 1.82) is 0 Å². The van der Waals surface area contributed by atoms with Crippen molar-refractivity contribution < 1.29 is 13.2 Å². The number of nitrogens with one attached hydrogen (secondary N) is 1. The first-order valence-electron chi connectivity index (χ1n) is 6.79. The van der Waals surface area contributed by atoms with Crippen LogP contribution in [0.25, 0.3) is 0 Å². The van der Waals surface area contributed by atoms with E-state index in [0.717, 1.165) is 32.0 Å². The van der Waals surface area contributed by atoms with Gasteiger partial charge in [-0.2, -0.15) is 0 Å². The molecule has 104 valence electrons. The zero-order chi connectivity index (χ0) is 13.4. The molecule has 0 radical (unpaired) electrons. The minimum atomic E-state index is -1.40. The molecule has 5 heteroatoms. The minimum Gasteiger partial charge on any atom is -0.380 e. The van der Waals surface area contributed by atoms with Crippen LogP contribution in [-0.4, -0.2) is 30.1 Å². The topological polar surface area (TPSA) is 15.3 Å². The van der Waals surface area contributed by atoms with E-state index in [4.69, 9.17) is 0 Å². The van der Waals surface area contributed by atoms with Gasteiger partial charge in [-0.15, -0.1) is 0 Å². The molecule has 1 aromatic carbocycles. The van der Waals surface area contributed by atoms with Gasteiger partial charge in [0.05, 0.1) is 5.69 Å². The molecule has 2 nitrogen and oxygen atoms in total. The SMILES string of the molecule is Fc1ccc(NC2CCN3CCCC3C2)c(F)c1F. The summed E-state index contributed by atoms with van der Waals surface area (Å²) in [5.41, 5.74) is 0.0651. The Hall–Kier alpha value is -1.23. The van der Waals surface area contributed by atoms with Crippen LogP contribution < -0.4 is 5.32 Å². The van der Waals surface area contributed by atoms with Crippen molar-refractivity contribution in [2.45, 2.75) is 37.8 Å². The molecule has 2 aliphatic rings. The Morgan fingerprint density at radius 3 is 2.74 bits per heavy atom. The lowest BCUT2D eigenvalue weighted by molar-refractivity contribution is 0.188. The standard InChI is InChI=1S/C14H17F3N2/c15-11-3-4-12(14(17)13(11)16)18-9-5-7-19-6-1-2-10(19)8-9/h3-4,9-10,18H,1-2,5-8H2. The Morgan fingerprint density at radius 2 is 1.89 bits per heavy atom. The van der Waals surface area contributed by atoms with Crippen LogP contribution in [0.2, 0.25) is 0 Å². The number of halogens is 3. The van der Waals surface area contributed by atoms with Gasteiger partial charge in [0.2, 0.25) is 0 Å². The Bertz CT molecular complexity index is 478. The van der Waals surface area contributed by atoms with Crippen molar-refractivity contribution in [2.75, 3.05) is 18.4 Å². The van der Waals surface area contributed by atoms with Gasteiger partial charge >= 0.3 is 0 Å². The summed E-state index contributed by atoms with van der Waals surface area (Å²) >= 11 is 0. The fourth-order valence-corrected chi connectivity index (χ4v) is 3.21. The van der Waals surface area contributed by atoms with Gasteiger partial charge in [-0.25, -0.2) is 13.2 Å². The van der Waals surface area contributed by atoms with E-state index in [-0.39, 0.29) is 11.7 Å². The molecule has 2 heterocycles. The highest BCUT2D eigenvalue weighted by Gasteiger charge is 2.32. The molecule has 0 bridgehead atoms. The van der Waals surface area contributed by atoms with Crippen molar-refractivity contribution in [3.05, 3.63) is 29.6 Å². The zero-order valence-electron chi connectivity index (χ0n) is 10.6. The first-order chi connectivity index (χ1) is 9.15. The Morgan fingerprint density at radius 1 is 1.05 bits per heavy atom. The lowest BCUT2D eigenvalue weighted by Gasteiger charge is -2.35. The minimum absolute atomic E-state index is 0.0651. The highest BCUT2D eigenvalue weighted by Crippen LogP contribution is 2.29. The number of hydrogen-bond acceptors (Lipinski definition) is 2. The number of benzene rings is 1. The van der Waals surface area contributed by atoms with Crippen LogP contribution in [0.3, 0.4) is 0 Å². The third kappa shape index (κ3) is 2.43. The maximum atomic E-state index is 13.6. The van der Waals surface area contributed by atoms with Gasteiger partial charge in [0.25, 0.3) is 0 Å². The highest BCUT2D eigenvalue weighted by molar-refractivity contribution is 5.46. The predicted molar refractivity (Wildman–Crippen MR) is 67.6 cm³/mol. The summed E-state index contributed by atoms with van der Waals surface area (Å²) in [4.78, 5) is 2.46. The number of rotatable bonds is 2. The Balaban J connectivity index is 1.70.